The Kier molecular flexibility index (Phi) is 4.87. The van der Waals surface area contributed by atoms with E-state index in [0.29, 0.717) is 12.2 Å². The Hall–Kier alpha value is -2.43. The normalized spacial score (nSPS) is 10.4. The van der Waals surface area contributed by atoms with E-state index in [-0.39, 0.29) is 12.3 Å². The number of nitrogens with zero attached hydrogens (tertiary/aromatic N) is 3. The standard InChI is InChI=1S/C16H19N3O2/c1-4-10-21-16(20)15-12(3)19(18-17-15)11-14-8-6-13(5-2)7-9-14/h4,6-9H,1,5,10-11H2,2-3H3. The molecule has 0 aliphatic carbocycles. The van der Waals surface area contributed by atoms with Gasteiger partial charge in [0.15, 0.2) is 5.69 Å². The van der Waals surface area contributed by atoms with Gasteiger partial charge in [-0.25, -0.2) is 9.48 Å². The monoisotopic (exact) mass is 285 g/mol. The van der Waals surface area contributed by atoms with Crippen molar-refractivity contribution < 1.29 is 9.53 Å². The van der Waals surface area contributed by atoms with Crippen LogP contribution in [0.4, 0.5) is 0 Å². The van der Waals surface area contributed by atoms with Crippen LogP contribution < -0.4 is 0 Å². The third-order valence-corrected chi connectivity index (χ3v) is 3.27. The second kappa shape index (κ2) is 6.83. The fraction of sp³-hybridized carbons (Fsp3) is 0.312. The number of rotatable bonds is 6. The van der Waals surface area contributed by atoms with Gasteiger partial charge in [-0.2, -0.15) is 0 Å². The molecule has 1 heterocycles. The molecule has 2 rings (SSSR count). The van der Waals surface area contributed by atoms with Crippen LogP contribution in [0.5, 0.6) is 0 Å². The molecule has 21 heavy (non-hydrogen) atoms. The van der Waals surface area contributed by atoms with E-state index in [1.54, 1.807) is 4.68 Å². The molecule has 2 aromatic rings. The summed E-state index contributed by atoms with van der Waals surface area (Å²) in [6.07, 6.45) is 2.54. The van der Waals surface area contributed by atoms with Crippen molar-refractivity contribution >= 4 is 5.97 Å². The minimum absolute atomic E-state index is 0.170. The minimum Gasteiger partial charge on any atom is -0.457 e. The van der Waals surface area contributed by atoms with E-state index < -0.39 is 5.97 Å². The Morgan fingerprint density at radius 3 is 2.62 bits per heavy atom. The second-order valence-corrected chi connectivity index (χ2v) is 4.74. The van der Waals surface area contributed by atoms with Crippen LogP contribution in [-0.2, 0) is 17.7 Å². The lowest BCUT2D eigenvalue weighted by Crippen LogP contribution is -2.09. The SMILES string of the molecule is C=CCOC(=O)c1nnn(Cc2ccc(CC)cc2)c1C. The summed E-state index contributed by atoms with van der Waals surface area (Å²) in [4.78, 5) is 11.8. The van der Waals surface area contributed by atoms with Crippen LogP contribution in [0, 0.1) is 6.92 Å². The maximum Gasteiger partial charge on any atom is 0.361 e. The van der Waals surface area contributed by atoms with Crippen molar-refractivity contribution in [3.05, 3.63) is 59.4 Å². The first-order valence-corrected chi connectivity index (χ1v) is 6.91. The molecule has 1 aromatic heterocycles. The fourth-order valence-corrected chi connectivity index (χ4v) is 1.96. The van der Waals surface area contributed by atoms with Gasteiger partial charge >= 0.3 is 5.97 Å². The Balaban J connectivity index is 2.12. The molecule has 0 radical (unpaired) electrons. The first kappa shape index (κ1) is 15.0. The summed E-state index contributed by atoms with van der Waals surface area (Å²) in [7, 11) is 0. The van der Waals surface area contributed by atoms with Crippen molar-refractivity contribution in [1.29, 1.82) is 0 Å². The number of esters is 1. The molecule has 110 valence electrons. The van der Waals surface area contributed by atoms with Crippen LogP contribution in [0.25, 0.3) is 0 Å². The van der Waals surface area contributed by atoms with Gasteiger partial charge in [-0.1, -0.05) is 49.1 Å². The molecular formula is C16H19N3O2. The Labute approximate surface area is 124 Å². The number of aromatic nitrogens is 3. The van der Waals surface area contributed by atoms with E-state index >= 15 is 0 Å². The number of aryl methyl sites for hydroxylation is 1. The van der Waals surface area contributed by atoms with Gasteiger partial charge in [0, 0.05) is 0 Å². The summed E-state index contributed by atoms with van der Waals surface area (Å²) in [5.41, 5.74) is 3.36. The minimum atomic E-state index is -0.472. The first-order chi connectivity index (χ1) is 10.2. The van der Waals surface area contributed by atoms with Crippen molar-refractivity contribution in [3.8, 4) is 0 Å². The van der Waals surface area contributed by atoms with Crippen molar-refractivity contribution in [2.24, 2.45) is 0 Å². The van der Waals surface area contributed by atoms with Gasteiger partial charge < -0.3 is 4.74 Å². The number of ether oxygens (including phenoxy) is 1. The Morgan fingerprint density at radius 2 is 2.00 bits per heavy atom. The van der Waals surface area contributed by atoms with Crippen LogP contribution in [-0.4, -0.2) is 27.6 Å². The topological polar surface area (TPSA) is 57.0 Å². The zero-order valence-electron chi connectivity index (χ0n) is 12.4. The third-order valence-electron chi connectivity index (χ3n) is 3.27. The Bertz CT molecular complexity index is 629. The highest BCUT2D eigenvalue weighted by molar-refractivity contribution is 5.88. The molecule has 0 bridgehead atoms. The molecule has 0 spiro atoms. The number of benzene rings is 1. The smallest absolute Gasteiger partial charge is 0.361 e. The second-order valence-electron chi connectivity index (χ2n) is 4.74. The van der Waals surface area contributed by atoms with E-state index in [1.165, 1.54) is 11.6 Å². The molecule has 0 N–H and O–H groups in total. The molecule has 0 saturated heterocycles. The molecule has 0 aliphatic rings. The molecule has 1 aromatic carbocycles. The van der Waals surface area contributed by atoms with Crippen LogP contribution in [0.15, 0.2) is 36.9 Å². The zero-order chi connectivity index (χ0) is 15.2. The molecular weight excluding hydrogens is 266 g/mol. The van der Waals surface area contributed by atoms with Crippen molar-refractivity contribution in [2.45, 2.75) is 26.8 Å². The summed E-state index contributed by atoms with van der Waals surface area (Å²) in [6, 6.07) is 8.33. The average Bonchev–Trinajstić information content (AvgIpc) is 2.87. The first-order valence-electron chi connectivity index (χ1n) is 6.91. The van der Waals surface area contributed by atoms with Crippen molar-refractivity contribution in [1.82, 2.24) is 15.0 Å². The van der Waals surface area contributed by atoms with Crippen molar-refractivity contribution in [3.63, 3.8) is 0 Å². The lowest BCUT2D eigenvalue weighted by Gasteiger charge is -2.05. The van der Waals surface area contributed by atoms with Crippen LogP contribution >= 0.6 is 0 Å². The summed E-state index contributed by atoms with van der Waals surface area (Å²) < 4.78 is 6.68. The summed E-state index contributed by atoms with van der Waals surface area (Å²) >= 11 is 0. The van der Waals surface area contributed by atoms with Crippen LogP contribution in [0.2, 0.25) is 0 Å². The highest BCUT2D eigenvalue weighted by Gasteiger charge is 2.17. The molecule has 0 aliphatic heterocycles. The van der Waals surface area contributed by atoms with Gasteiger partial charge in [-0.05, 0) is 24.5 Å². The van der Waals surface area contributed by atoms with Gasteiger partial charge in [-0.15, -0.1) is 5.10 Å². The van der Waals surface area contributed by atoms with Crippen LogP contribution in [0.1, 0.15) is 34.2 Å². The summed E-state index contributed by atoms with van der Waals surface area (Å²) in [5.74, 6) is -0.472. The van der Waals surface area contributed by atoms with Gasteiger partial charge in [0.2, 0.25) is 0 Å². The number of carbonyl (C=O) groups is 1. The molecule has 5 heteroatoms. The quantitative estimate of drug-likeness (QED) is 0.604. The van der Waals surface area contributed by atoms with E-state index in [4.69, 9.17) is 4.74 Å². The predicted molar refractivity (Wildman–Crippen MR) is 80.2 cm³/mol. The van der Waals surface area contributed by atoms with E-state index in [9.17, 15) is 4.79 Å². The maximum absolute atomic E-state index is 11.8. The van der Waals surface area contributed by atoms with Crippen molar-refractivity contribution in [2.75, 3.05) is 6.61 Å². The van der Waals surface area contributed by atoms with Gasteiger partial charge in [0.25, 0.3) is 0 Å². The summed E-state index contributed by atoms with van der Waals surface area (Å²) in [5, 5.41) is 7.93. The highest BCUT2D eigenvalue weighted by atomic mass is 16.5. The van der Waals surface area contributed by atoms with Crippen LogP contribution in [0.3, 0.4) is 0 Å². The molecule has 0 amide bonds. The van der Waals surface area contributed by atoms with E-state index in [1.807, 2.05) is 6.92 Å². The van der Waals surface area contributed by atoms with Gasteiger partial charge in [0.05, 0.1) is 12.2 Å². The number of hydrogen-bond acceptors (Lipinski definition) is 4. The molecule has 5 nitrogen and oxygen atoms in total. The lowest BCUT2D eigenvalue weighted by molar-refractivity contribution is 0.0542. The third kappa shape index (κ3) is 3.56. The summed E-state index contributed by atoms with van der Waals surface area (Å²) in [6.45, 7) is 8.19. The Morgan fingerprint density at radius 1 is 1.33 bits per heavy atom. The molecule has 0 fully saturated rings. The van der Waals surface area contributed by atoms with E-state index in [2.05, 4.69) is 48.1 Å². The molecule has 0 unspecified atom stereocenters. The lowest BCUT2D eigenvalue weighted by atomic mass is 10.1. The molecule has 0 saturated carbocycles. The predicted octanol–water partition coefficient (Wildman–Crippen LogP) is 2.54. The van der Waals surface area contributed by atoms with Gasteiger partial charge in [-0.3, -0.25) is 0 Å². The van der Waals surface area contributed by atoms with E-state index in [0.717, 1.165) is 12.0 Å². The van der Waals surface area contributed by atoms with Gasteiger partial charge in [0.1, 0.15) is 6.61 Å². The fourth-order valence-electron chi connectivity index (χ4n) is 1.96. The molecule has 0 atom stereocenters. The zero-order valence-corrected chi connectivity index (χ0v) is 12.4. The average molecular weight is 285 g/mol. The largest absolute Gasteiger partial charge is 0.457 e. The highest BCUT2D eigenvalue weighted by Crippen LogP contribution is 2.10. The maximum atomic E-state index is 11.8. The number of hydrogen-bond donors (Lipinski definition) is 0. The number of carbonyl (C=O) groups excluding carboxylic acids is 1.